The molecule has 0 radical (unpaired) electrons. The zero-order valence-electron chi connectivity index (χ0n) is 36.1. The highest BCUT2D eigenvalue weighted by atomic mass is 28.3. The van der Waals surface area contributed by atoms with Crippen molar-refractivity contribution in [1.29, 1.82) is 0 Å². The third-order valence-electron chi connectivity index (χ3n) is 15.3. The average Bonchev–Trinajstić information content (AvgIpc) is 4.04. The number of rotatable bonds is 7. The summed E-state index contributed by atoms with van der Waals surface area (Å²) >= 11 is 0. The second-order valence-corrected chi connectivity index (χ2v) is 23.1. The molecule has 11 rings (SSSR count). The van der Waals surface area contributed by atoms with E-state index in [1.807, 2.05) is 0 Å². The molecule has 0 aromatic heterocycles. The van der Waals surface area contributed by atoms with Crippen LogP contribution in [0.2, 0.25) is 0 Å². The highest BCUT2D eigenvalue weighted by Crippen LogP contribution is 2.55. The molecule has 0 unspecified atom stereocenters. The van der Waals surface area contributed by atoms with Crippen molar-refractivity contribution in [3.05, 3.63) is 191 Å². The molecule has 2 saturated carbocycles. The molecular formula is C58H56O2Si. The summed E-state index contributed by atoms with van der Waals surface area (Å²) in [6.45, 7) is 9.48. The number of ether oxygens (including phenoxy) is 2. The summed E-state index contributed by atoms with van der Waals surface area (Å²) in [5, 5.41) is 5.29. The van der Waals surface area contributed by atoms with Crippen molar-refractivity contribution in [1.82, 2.24) is 0 Å². The van der Waals surface area contributed by atoms with Crippen molar-refractivity contribution in [2.24, 2.45) is 0 Å². The maximum atomic E-state index is 7.31. The van der Waals surface area contributed by atoms with Gasteiger partial charge in [-0.1, -0.05) is 199 Å². The van der Waals surface area contributed by atoms with Crippen LogP contribution in [-0.4, -0.2) is 8.07 Å². The normalized spacial score (nSPS) is 17.7. The highest BCUT2D eigenvalue weighted by Gasteiger charge is 2.47. The predicted octanol–water partition coefficient (Wildman–Crippen LogP) is 12.9. The molecule has 4 aliphatic rings. The number of hydrogen-bond acceptors (Lipinski definition) is 2. The summed E-state index contributed by atoms with van der Waals surface area (Å²) in [6, 6.07) is 59.8. The minimum Gasteiger partial charge on any atom is -0.457 e. The number of para-hydroxylation sites is 2. The van der Waals surface area contributed by atoms with E-state index < -0.39 is 8.07 Å². The van der Waals surface area contributed by atoms with E-state index in [4.69, 9.17) is 9.47 Å². The molecule has 7 aromatic rings. The first-order valence-electron chi connectivity index (χ1n) is 22.9. The van der Waals surface area contributed by atoms with Gasteiger partial charge in [-0.25, -0.2) is 0 Å². The van der Waals surface area contributed by atoms with Gasteiger partial charge in [0, 0.05) is 38.6 Å². The van der Waals surface area contributed by atoms with Crippen LogP contribution < -0.4 is 30.2 Å². The molecule has 0 saturated heterocycles. The van der Waals surface area contributed by atoms with Gasteiger partial charge in [0.2, 0.25) is 0 Å². The third kappa shape index (κ3) is 6.02. The molecule has 2 aliphatic heterocycles. The molecule has 61 heavy (non-hydrogen) atoms. The first-order valence-corrected chi connectivity index (χ1v) is 24.9. The van der Waals surface area contributed by atoms with Gasteiger partial charge in [0.1, 0.15) is 23.0 Å². The zero-order chi connectivity index (χ0) is 41.3. The summed E-state index contributed by atoms with van der Waals surface area (Å²) in [7, 11) is -3.00. The summed E-state index contributed by atoms with van der Waals surface area (Å²) < 4.78 is 14.5. The number of fused-ring (bicyclic) bond motifs is 4. The molecule has 304 valence electrons. The van der Waals surface area contributed by atoms with Crippen molar-refractivity contribution < 1.29 is 9.47 Å². The van der Waals surface area contributed by atoms with Crippen LogP contribution in [0.15, 0.2) is 158 Å². The lowest BCUT2D eigenvalue weighted by Crippen LogP contribution is -2.75. The maximum absolute atomic E-state index is 7.31. The summed E-state index contributed by atoms with van der Waals surface area (Å²) in [5.74, 6) is 5.21. The molecule has 2 nitrogen and oxygen atoms in total. The first-order chi connectivity index (χ1) is 29.8. The Labute approximate surface area is 363 Å². The standard InChI is InChI=1S/C58H56O2Si/c1-57(2)47-26-15-16-28-51(47)59-55-49(57)27-17-29-53(55)61(43-22-7-5-8-23-43,44-24-9-6-10-25-44)45-33-30-41(31-34-45)54-46(40-20-13-14-21-40)35-37-50-56(54)60-52-38-42(39-18-11-12-19-39)32-36-48(52)58(50,3)4/h5-10,15-17,22-40H,11-14,18-21H2,1-4H3. The minimum atomic E-state index is -3.00. The molecule has 3 heteroatoms. The van der Waals surface area contributed by atoms with Crippen LogP contribution in [0.4, 0.5) is 0 Å². The topological polar surface area (TPSA) is 18.5 Å². The lowest BCUT2D eigenvalue weighted by atomic mass is 9.73. The van der Waals surface area contributed by atoms with Gasteiger partial charge in [0.25, 0.3) is 0 Å². The van der Waals surface area contributed by atoms with Crippen LogP contribution in [0, 0.1) is 0 Å². The fraction of sp³-hybridized carbons (Fsp3) is 0.276. The monoisotopic (exact) mass is 812 g/mol. The van der Waals surface area contributed by atoms with E-state index in [0.29, 0.717) is 11.8 Å². The maximum Gasteiger partial charge on any atom is 0.183 e. The summed E-state index contributed by atoms with van der Waals surface area (Å²) in [4.78, 5) is 0. The van der Waals surface area contributed by atoms with Crippen molar-refractivity contribution in [3.8, 4) is 34.1 Å². The van der Waals surface area contributed by atoms with E-state index in [9.17, 15) is 0 Å². The van der Waals surface area contributed by atoms with E-state index in [1.165, 1.54) is 117 Å². The van der Waals surface area contributed by atoms with Gasteiger partial charge in [-0.15, -0.1) is 0 Å². The molecule has 0 amide bonds. The molecule has 2 heterocycles. The van der Waals surface area contributed by atoms with Crippen molar-refractivity contribution >= 4 is 28.8 Å². The number of hydrogen-bond donors (Lipinski definition) is 0. The lowest BCUT2D eigenvalue weighted by molar-refractivity contribution is 0.417. The largest absolute Gasteiger partial charge is 0.457 e. The smallest absolute Gasteiger partial charge is 0.183 e. The molecule has 2 aliphatic carbocycles. The Morgan fingerprint density at radius 3 is 1.64 bits per heavy atom. The fourth-order valence-corrected chi connectivity index (χ4v) is 16.8. The van der Waals surface area contributed by atoms with Gasteiger partial charge in [-0.2, -0.15) is 0 Å². The second kappa shape index (κ2) is 14.8. The van der Waals surface area contributed by atoms with E-state index in [2.05, 4.69) is 185 Å². The average molecular weight is 813 g/mol. The number of benzene rings is 7. The Morgan fingerprint density at radius 1 is 0.443 bits per heavy atom. The molecule has 0 spiro atoms. The molecule has 7 aromatic carbocycles. The quantitative estimate of drug-likeness (QED) is 0.118. The van der Waals surface area contributed by atoms with Crippen LogP contribution in [0.3, 0.4) is 0 Å². The van der Waals surface area contributed by atoms with Crippen molar-refractivity contribution in [3.63, 3.8) is 0 Å². The highest BCUT2D eigenvalue weighted by molar-refractivity contribution is 7.20. The van der Waals surface area contributed by atoms with Gasteiger partial charge in [-0.05, 0) is 87.1 Å². The van der Waals surface area contributed by atoms with E-state index in [1.54, 1.807) is 0 Å². The van der Waals surface area contributed by atoms with Gasteiger partial charge < -0.3 is 9.47 Å². The zero-order valence-corrected chi connectivity index (χ0v) is 37.1. The van der Waals surface area contributed by atoms with E-state index in [0.717, 1.165) is 23.0 Å². The van der Waals surface area contributed by atoms with E-state index >= 15 is 0 Å². The van der Waals surface area contributed by atoms with Crippen LogP contribution in [0.5, 0.6) is 23.0 Å². The van der Waals surface area contributed by atoms with Crippen LogP contribution >= 0.6 is 0 Å². The SMILES string of the molecule is CC1(C)c2ccccc2Oc2c1cccc2[Si](c1ccccc1)(c1ccccc1)c1ccc(-c2c(C3CCCC3)ccc3c2Oc2cc(C4CCCC4)ccc2C3(C)C)cc1. The minimum absolute atomic E-state index is 0.193. The molecule has 0 bridgehead atoms. The first kappa shape index (κ1) is 38.3. The van der Waals surface area contributed by atoms with Gasteiger partial charge in [0.15, 0.2) is 8.07 Å². The third-order valence-corrected chi connectivity index (χ3v) is 20.1. The lowest BCUT2D eigenvalue weighted by Gasteiger charge is -2.40. The Bertz CT molecular complexity index is 2710. The molecule has 2 fully saturated rings. The molecule has 0 N–H and O–H groups in total. The Hall–Kier alpha value is -5.64. The van der Waals surface area contributed by atoms with Gasteiger partial charge >= 0.3 is 0 Å². The van der Waals surface area contributed by atoms with Crippen molar-refractivity contribution in [2.75, 3.05) is 0 Å². The fourth-order valence-electron chi connectivity index (χ4n) is 12.0. The van der Waals surface area contributed by atoms with Crippen LogP contribution in [-0.2, 0) is 10.8 Å². The van der Waals surface area contributed by atoms with Gasteiger partial charge in [-0.3, -0.25) is 0 Å². The van der Waals surface area contributed by atoms with Gasteiger partial charge in [0.05, 0.1) is 0 Å². The predicted molar refractivity (Wildman–Crippen MR) is 255 cm³/mol. The summed E-state index contributed by atoms with van der Waals surface area (Å²) in [5.41, 5.74) is 10.0. The Kier molecular flexibility index (Phi) is 9.27. The van der Waals surface area contributed by atoms with Crippen LogP contribution in [0.25, 0.3) is 11.1 Å². The van der Waals surface area contributed by atoms with E-state index in [-0.39, 0.29) is 10.8 Å². The summed E-state index contributed by atoms with van der Waals surface area (Å²) in [6.07, 6.45) is 10.2. The Balaban J connectivity index is 1.12. The molecular weight excluding hydrogens is 757 g/mol. The van der Waals surface area contributed by atoms with Crippen LogP contribution in [0.1, 0.15) is 124 Å². The Morgan fingerprint density at radius 2 is 0.967 bits per heavy atom. The second-order valence-electron chi connectivity index (χ2n) is 19.3. The van der Waals surface area contributed by atoms with Crippen molar-refractivity contribution in [2.45, 2.75) is 102 Å². The molecule has 0 atom stereocenters.